The zero-order valence-corrected chi connectivity index (χ0v) is 13.0. The van der Waals surface area contributed by atoms with Gasteiger partial charge in [0.2, 0.25) is 0 Å². The SMILES string of the molecule is O=C(c1cc(F)cc([N+](=O)[O-])c1)N(CCCBr)C1CCC1. The molecule has 1 aromatic rings. The molecule has 1 aromatic carbocycles. The van der Waals surface area contributed by atoms with Crippen LogP contribution in [0, 0.1) is 15.9 Å². The molecule has 1 aliphatic rings. The van der Waals surface area contributed by atoms with Crippen molar-refractivity contribution in [3.8, 4) is 0 Å². The number of nitro groups is 1. The lowest BCUT2D eigenvalue weighted by molar-refractivity contribution is -0.385. The Morgan fingerprint density at radius 3 is 2.67 bits per heavy atom. The van der Waals surface area contributed by atoms with Crippen LogP contribution in [0.4, 0.5) is 10.1 Å². The molecule has 0 aliphatic heterocycles. The standard InChI is InChI=1S/C14H16BrFN2O3/c15-5-2-6-17(12-3-1-4-12)14(19)10-7-11(16)9-13(8-10)18(20)21/h7-9,12H,1-6H2. The average molecular weight is 359 g/mol. The lowest BCUT2D eigenvalue weighted by Crippen LogP contribution is -2.44. The molecule has 21 heavy (non-hydrogen) atoms. The summed E-state index contributed by atoms with van der Waals surface area (Å²) >= 11 is 3.33. The molecule has 114 valence electrons. The van der Waals surface area contributed by atoms with E-state index in [1.807, 2.05) is 0 Å². The minimum atomic E-state index is -0.762. The third-order valence-electron chi connectivity index (χ3n) is 3.65. The minimum Gasteiger partial charge on any atom is -0.336 e. The van der Waals surface area contributed by atoms with Crippen molar-refractivity contribution >= 4 is 27.5 Å². The van der Waals surface area contributed by atoms with Crippen molar-refractivity contribution in [3.63, 3.8) is 0 Å². The fourth-order valence-electron chi connectivity index (χ4n) is 2.35. The number of hydrogen-bond acceptors (Lipinski definition) is 3. The third-order valence-corrected chi connectivity index (χ3v) is 4.21. The molecule has 0 unspecified atom stereocenters. The van der Waals surface area contributed by atoms with Crippen LogP contribution < -0.4 is 0 Å². The summed E-state index contributed by atoms with van der Waals surface area (Å²) in [6, 6.07) is 3.20. The van der Waals surface area contributed by atoms with E-state index in [2.05, 4.69) is 15.9 Å². The summed E-state index contributed by atoms with van der Waals surface area (Å²) in [5.74, 6) is -1.09. The maximum Gasteiger partial charge on any atom is 0.273 e. The summed E-state index contributed by atoms with van der Waals surface area (Å²) < 4.78 is 13.5. The molecule has 0 heterocycles. The van der Waals surface area contributed by atoms with Crippen LogP contribution in [0.5, 0.6) is 0 Å². The number of carbonyl (C=O) groups excluding carboxylic acids is 1. The quantitative estimate of drug-likeness (QED) is 0.444. The topological polar surface area (TPSA) is 63.4 Å². The molecular formula is C14H16BrFN2O3. The van der Waals surface area contributed by atoms with Gasteiger partial charge in [-0.3, -0.25) is 14.9 Å². The van der Waals surface area contributed by atoms with Gasteiger partial charge in [0, 0.05) is 29.5 Å². The monoisotopic (exact) mass is 358 g/mol. The third kappa shape index (κ3) is 3.78. The number of nitrogens with zero attached hydrogens (tertiary/aromatic N) is 2. The van der Waals surface area contributed by atoms with Crippen LogP contribution in [0.3, 0.4) is 0 Å². The van der Waals surface area contributed by atoms with Crippen LogP contribution >= 0.6 is 15.9 Å². The number of hydrogen-bond donors (Lipinski definition) is 0. The molecule has 0 atom stereocenters. The van der Waals surface area contributed by atoms with Crippen LogP contribution in [0.2, 0.25) is 0 Å². The molecule has 0 spiro atoms. The first-order chi connectivity index (χ1) is 10.0. The van der Waals surface area contributed by atoms with Gasteiger partial charge in [0.25, 0.3) is 11.6 Å². The first-order valence-electron chi connectivity index (χ1n) is 6.85. The molecule has 5 nitrogen and oxygen atoms in total. The summed E-state index contributed by atoms with van der Waals surface area (Å²) in [5.41, 5.74) is -0.351. The smallest absolute Gasteiger partial charge is 0.273 e. The van der Waals surface area contributed by atoms with Crippen molar-refractivity contribution < 1.29 is 14.1 Å². The van der Waals surface area contributed by atoms with Crippen LogP contribution in [-0.2, 0) is 0 Å². The molecule has 2 rings (SSSR count). The average Bonchev–Trinajstić information content (AvgIpc) is 2.39. The molecule has 0 bridgehead atoms. The summed E-state index contributed by atoms with van der Waals surface area (Å²) in [6.45, 7) is 0.569. The number of benzene rings is 1. The Morgan fingerprint density at radius 1 is 1.43 bits per heavy atom. The molecule has 0 N–H and O–H groups in total. The Hall–Kier alpha value is -1.50. The number of halogens is 2. The van der Waals surface area contributed by atoms with Gasteiger partial charge in [-0.1, -0.05) is 15.9 Å². The maximum absolute atomic E-state index is 13.5. The van der Waals surface area contributed by atoms with Gasteiger partial charge in [-0.15, -0.1) is 0 Å². The summed E-state index contributed by atoms with van der Waals surface area (Å²) in [5, 5.41) is 11.5. The van der Waals surface area contributed by atoms with Gasteiger partial charge >= 0.3 is 0 Å². The Kier molecular flexibility index (Phi) is 5.27. The lowest BCUT2D eigenvalue weighted by atomic mass is 9.90. The fraction of sp³-hybridized carbons (Fsp3) is 0.500. The van der Waals surface area contributed by atoms with Gasteiger partial charge < -0.3 is 4.90 Å². The second kappa shape index (κ2) is 6.98. The number of alkyl halides is 1. The van der Waals surface area contributed by atoms with Gasteiger partial charge in [0.1, 0.15) is 5.82 Å². The van der Waals surface area contributed by atoms with E-state index in [1.54, 1.807) is 4.90 Å². The van der Waals surface area contributed by atoms with Crippen molar-refractivity contribution in [2.75, 3.05) is 11.9 Å². The van der Waals surface area contributed by atoms with E-state index >= 15 is 0 Å². The Morgan fingerprint density at radius 2 is 2.14 bits per heavy atom. The van der Waals surface area contributed by atoms with E-state index in [0.717, 1.165) is 49.2 Å². The van der Waals surface area contributed by atoms with Crippen molar-refractivity contribution in [2.24, 2.45) is 0 Å². The number of amides is 1. The van der Waals surface area contributed by atoms with Crippen molar-refractivity contribution in [2.45, 2.75) is 31.7 Å². The van der Waals surface area contributed by atoms with Crippen molar-refractivity contribution in [3.05, 3.63) is 39.7 Å². The molecule has 1 aliphatic carbocycles. The first kappa shape index (κ1) is 15.9. The normalized spacial score (nSPS) is 14.6. The van der Waals surface area contributed by atoms with Crippen LogP contribution in [0.25, 0.3) is 0 Å². The first-order valence-corrected chi connectivity index (χ1v) is 7.97. The predicted octanol–water partition coefficient (Wildman–Crippen LogP) is 3.51. The second-order valence-electron chi connectivity index (χ2n) is 5.08. The van der Waals surface area contributed by atoms with E-state index in [-0.39, 0.29) is 17.5 Å². The van der Waals surface area contributed by atoms with Crippen LogP contribution in [0.1, 0.15) is 36.0 Å². The van der Waals surface area contributed by atoms with E-state index in [0.29, 0.717) is 6.54 Å². The molecule has 0 radical (unpaired) electrons. The van der Waals surface area contributed by atoms with E-state index < -0.39 is 16.4 Å². The zero-order valence-electron chi connectivity index (χ0n) is 11.4. The molecule has 1 amide bonds. The van der Waals surface area contributed by atoms with Crippen molar-refractivity contribution in [1.29, 1.82) is 0 Å². The highest BCUT2D eigenvalue weighted by Crippen LogP contribution is 2.27. The fourth-order valence-corrected chi connectivity index (χ4v) is 2.60. The molecular weight excluding hydrogens is 343 g/mol. The molecule has 1 fully saturated rings. The number of rotatable bonds is 6. The van der Waals surface area contributed by atoms with E-state index in [4.69, 9.17) is 0 Å². The van der Waals surface area contributed by atoms with Crippen LogP contribution in [-0.4, -0.2) is 33.6 Å². The molecule has 7 heteroatoms. The van der Waals surface area contributed by atoms with Gasteiger partial charge in [-0.05, 0) is 31.7 Å². The molecule has 0 aromatic heterocycles. The Labute approximate surface area is 130 Å². The molecule has 1 saturated carbocycles. The maximum atomic E-state index is 13.5. The van der Waals surface area contributed by atoms with E-state index in [1.165, 1.54) is 0 Å². The van der Waals surface area contributed by atoms with E-state index in [9.17, 15) is 19.3 Å². The highest BCUT2D eigenvalue weighted by molar-refractivity contribution is 9.09. The summed E-state index contributed by atoms with van der Waals surface area (Å²) in [6.07, 6.45) is 3.74. The Bertz CT molecular complexity index is 549. The van der Waals surface area contributed by atoms with Gasteiger partial charge in [0.05, 0.1) is 11.0 Å². The van der Waals surface area contributed by atoms with Crippen LogP contribution in [0.15, 0.2) is 18.2 Å². The highest BCUT2D eigenvalue weighted by atomic mass is 79.9. The number of carbonyl (C=O) groups is 1. The lowest BCUT2D eigenvalue weighted by Gasteiger charge is -2.37. The van der Waals surface area contributed by atoms with Gasteiger partial charge in [-0.2, -0.15) is 0 Å². The Balaban J connectivity index is 2.24. The summed E-state index contributed by atoms with van der Waals surface area (Å²) in [7, 11) is 0. The summed E-state index contributed by atoms with van der Waals surface area (Å²) in [4.78, 5) is 24.3. The predicted molar refractivity (Wildman–Crippen MR) is 80.1 cm³/mol. The van der Waals surface area contributed by atoms with Gasteiger partial charge in [-0.25, -0.2) is 4.39 Å². The second-order valence-corrected chi connectivity index (χ2v) is 5.87. The molecule has 0 saturated heterocycles. The number of non-ortho nitro benzene ring substituents is 1. The minimum absolute atomic E-state index is 0.0446. The zero-order chi connectivity index (χ0) is 15.4. The van der Waals surface area contributed by atoms with Gasteiger partial charge in [0.15, 0.2) is 0 Å². The number of nitro benzene ring substituents is 1. The van der Waals surface area contributed by atoms with Crippen molar-refractivity contribution in [1.82, 2.24) is 4.90 Å². The highest BCUT2D eigenvalue weighted by Gasteiger charge is 2.29. The largest absolute Gasteiger partial charge is 0.336 e.